The van der Waals surface area contributed by atoms with Crippen molar-refractivity contribution < 1.29 is 13.5 Å². The predicted molar refractivity (Wildman–Crippen MR) is 58.5 cm³/mol. The summed E-state index contributed by atoms with van der Waals surface area (Å²) in [5.74, 6) is -0.251. The van der Waals surface area contributed by atoms with E-state index in [1.165, 1.54) is 12.2 Å². The number of hydrogen-bond donors (Lipinski definition) is 0. The van der Waals surface area contributed by atoms with E-state index in [9.17, 15) is 8.78 Å². The Labute approximate surface area is 93.7 Å². The summed E-state index contributed by atoms with van der Waals surface area (Å²) >= 11 is 0. The average Bonchev–Trinajstić information content (AvgIpc) is 2.70. The quantitative estimate of drug-likeness (QED) is 0.710. The Bertz CT molecular complexity index is 371. The van der Waals surface area contributed by atoms with Gasteiger partial charge in [0.2, 0.25) is 0 Å². The smallest absolute Gasteiger partial charge is 0.186 e. The third-order valence-corrected chi connectivity index (χ3v) is 2.85. The molecule has 0 saturated carbocycles. The van der Waals surface area contributed by atoms with Crippen LogP contribution in [0, 0.1) is 11.8 Å². The summed E-state index contributed by atoms with van der Waals surface area (Å²) in [6.45, 7) is 4.29. The van der Waals surface area contributed by atoms with E-state index < -0.39 is 5.92 Å². The molecule has 0 fully saturated rings. The molecule has 0 aromatic rings. The van der Waals surface area contributed by atoms with Crippen molar-refractivity contribution in [2.45, 2.75) is 26.3 Å². The molecule has 2 atom stereocenters. The van der Waals surface area contributed by atoms with E-state index in [1.54, 1.807) is 0 Å². The van der Waals surface area contributed by atoms with Gasteiger partial charge in [-0.1, -0.05) is 13.8 Å². The number of nitrogens with zero attached hydrogens (tertiary/aromatic N) is 1. The van der Waals surface area contributed by atoms with Crippen molar-refractivity contribution in [1.82, 2.24) is 0 Å². The molecule has 2 aliphatic rings. The van der Waals surface area contributed by atoms with Gasteiger partial charge in [-0.3, -0.25) is 0 Å². The highest BCUT2D eigenvalue weighted by molar-refractivity contribution is 5.79. The fourth-order valence-corrected chi connectivity index (χ4v) is 1.92. The minimum absolute atomic E-state index is 0.0885. The van der Waals surface area contributed by atoms with Gasteiger partial charge in [-0.15, -0.1) is 0 Å². The van der Waals surface area contributed by atoms with E-state index in [-0.39, 0.29) is 30.0 Å². The summed E-state index contributed by atoms with van der Waals surface area (Å²) in [6.07, 6.45) is 2.45. The van der Waals surface area contributed by atoms with E-state index in [0.717, 1.165) is 0 Å². The third kappa shape index (κ3) is 2.15. The zero-order valence-electron chi connectivity index (χ0n) is 9.41. The minimum Gasteiger partial charge on any atom is -0.478 e. The number of aliphatic imine (C=N–C) groups is 1. The van der Waals surface area contributed by atoms with Crippen molar-refractivity contribution in [3.63, 3.8) is 0 Å². The topological polar surface area (TPSA) is 21.6 Å². The molecule has 0 N–H and O–H groups in total. The second-order valence-electron chi connectivity index (χ2n) is 4.48. The summed E-state index contributed by atoms with van der Waals surface area (Å²) in [7, 11) is 0. The van der Waals surface area contributed by atoms with Gasteiger partial charge in [-0.05, 0) is 12.2 Å². The Morgan fingerprint density at radius 3 is 2.75 bits per heavy atom. The van der Waals surface area contributed by atoms with Gasteiger partial charge >= 0.3 is 0 Å². The molecule has 2 nitrogen and oxygen atoms in total. The van der Waals surface area contributed by atoms with Crippen LogP contribution in [0.5, 0.6) is 0 Å². The van der Waals surface area contributed by atoms with Crippen LogP contribution in [-0.4, -0.2) is 18.5 Å². The van der Waals surface area contributed by atoms with Crippen LogP contribution in [0.15, 0.2) is 28.8 Å². The normalized spacial score (nSPS) is 29.7. The summed E-state index contributed by atoms with van der Waals surface area (Å²) in [5.41, 5.74) is 0. The lowest BCUT2D eigenvalue weighted by Gasteiger charge is -2.19. The van der Waals surface area contributed by atoms with Crippen LogP contribution in [-0.2, 0) is 4.74 Å². The molecule has 1 heterocycles. The predicted octanol–water partition coefficient (Wildman–Crippen LogP) is 3.17. The van der Waals surface area contributed by atoms with Gasteiger partial charge in [-0.25, -0.2) is 13.8 Å². The van der Waals surface area contributed by atoms with Crippen molar-refractivity contribution in [1.29, 1.82) is 0 Å². The zero-order valence-corrected chi connectivity index (χ0v) is 9.41. The molecule has 0 saturated heterocycles. The first kappa shape index (κ1) is 11.3. The van der Waals surface area contributed by atoms with Gasteiger partial charge in [-0.2, -0.15) is 0 Å². The maximum Gasteiger partial charge on any atom is 0.186 e. The number of ether oxygens (including phenoxy) is 1. The van der Waals surface area contributed by atoms with Gasteiger partial charge in [0.25, 0.3) is 0 Å². The summed E-state index contributed by atoms with van der Waals surface area (Å²) in [6, 6.07) is -0.284. The Balaban J connectivity index is 2.11. The van der Waals surface area contributed by atoms with E-state index in [0.29, 0.717) is 12.5 Å². The van der Waals surface area contributed by atoms with Crippen molar-refractivity contribution in [2.24, 2.45) is 16.8 Å². The fraction of sp³-hybridized carbons (Fsp3) is 0.583. The SMILES string of the molecule is CC(C)C1=N[C@@H](C2CC(F)=CC=C2F)CO1. The molecule has 4 heteroatoms. The lowest BCUT2D eigenvalue weighted by molar-refractivity contribution is 0.260. The Morgan fingerprint density at radius 1 is 1.38 bits per heavy atom. The average molecular weight is 227 g/mol. The standard InChI is InChI=1S/C12H15F2NO/c1-7(2)12-15-11(6-16-12)9-5-8(13)3-4-10(9)14/h3-4,7,9,11H,5-6H2,1-2H3/t9?,11-/m1/s1. The van der Waals surface area contributed by atoms with E-state index in [2.05, 4.69) is 4.99 Å². The molecule has 88 valence electrons. The third-order valence-electron chi connectivity index (χ3n) is 2.85. The number of rotatable bonds is 2. The lowest BCUT2D eigenvalue weighted by atomic mass is 9.92. The highest BCUT2D eigenvalue weighted by Gasteiger charge is 2.33. The molecular weight excluding hydrogens is 212 g/mol. The Morgan fingerprint density at radius 2 is 2.12 bits per heavy atom. The van der Waals surface area contributed by atoms with Gasteiger partial charge in [0.15, 0.2) is 5.90 Å². The fourth-order valence-electron chi connectivity index (χ4n) is 1.92. The maximum absolute atomic E-state index is 13.5. The molecule has 0 spiro atoms. The molecule has 1 aliphatic heterocycles. The van der Waals surface area contributed by atoms with Crippen LogP contribution in [0.25, 0.3) is 0 Å². The first-order valence-corrected chi connectivity index (χ1v) is 5.50. The molecule has 0 bridgehead atoms. The molecule has 2 rings (SSSR count). The van der Waals surface area contributed by atoms with E-state index in [4.69, 9.17) is 4.74 Å². The number of allylic oxidation sites excluding steroid dienone is 3. The Hall–Kier alpha value is -1.19. The van der Waals surface area contributed by atoms with E-state index >= 15 is 0 Å². The summed E-state index contributed by atoms with van der Waals surface area (Å²) in [5, 5.41) is 0. The summed E-state index contributed by atoms with van der Waals surface area (Å²) in [4.78, 5) is 4.32. The van der Waals surface area contributed by atoms with Crippen LogP contribution >= 0.6 is 0 Å². The highest BCUT2D eigenvalue weighted by atomic mass is 19.1. The number of hydrogen-bond acceptors (Lipinski definition) is 2. The van der Waals surface area contributed by atoms with Gasteiger partial charge < -0.3 is 4.74 Å². The summed E-state index contributed by atoms with van der Waals surface area (Å²) < 4.78 is 32.0. The molecule has 0 amide bonds. The molecule has 16 heavy (non-hydrogen) atoms. The second-order valence-corrected chi connectivity index (χ2v) is 4.48. The van der Waals surface area contributed by atoms with E-state index in [1.807, 2.05) is 13.8 Å². The van der Waals surface area contributed by atoms with Crippen LogP contribution < -0.4 is 0 Å². The highest BCUT2D eigenvalue weighted by Crippen LogP contribution is 2.33. The number of halogens is 2. The lowest BCUT2D eigenvalue weighted by Crippen LogP contribution is -2.22. The first-order chi connectivity index (χ1) is 7.58. The van der Waals surface area contributed by atoms with Crippen molar-refractivity contribution in [3.05, 3.63) is 23.8 Å². The molecule has 1 unspecified atom stereocenters. The first-order valence-electron chi connectivity index (χ1n) is 5.50. The molecular formula is C12H15F2NO. The largest absolute Gasteiger partial charge is 0.478 e. The van der Waals surface area contributed by atoms with Crippen LogP contribution in [0.3, 0.4) is 0 Å². The minimum atomic E-state index is -0.499. The second kappa shape index (κ2) is 4.36. The molecule has 0 aromatic heterocycles. The molecule has 0 radical (unpaired) electrons. The Kier molecular flexibility index (Phi) is 3.08. The molecule has 0 aromatic carbocycles. The van der Waals surface area contributed by atoms with Crippen LogP contribution in [0.1, 0.15) is 20.3 Å². The monoisotopic (exact) mass is 227 g/mol. The maximum atomic E-state index is 13.5. The van der Waals surface area contributed by atoms with Gasteiger partial charge in [0.05, 0.1) is 6.04 Å². The zero-order chi connectivity index (χ0) is 11.7. The van der Waals surface area contributed by atoms with Crippen molar-refractivity contribution in [2.75, 3.05) is 6.61 Å². The van der Waals surface area contributed by atoms with Crippen molar-refractivity contribution in [3.8, 4) is 0 Å². The van der Waals surface area contributed by atoms with Gasteiger partial charge in [0.1, 0.15) is 18.3 Å². The molecule has 1 aliphatic carbocycles. The van der Waals surface area contributed by atoms with Crippen LogP contribution in [0.2, 0.25) is 0 Å². The van der Waals surface area contributed by atoms with Gasteiger partial charge in [0, 0.05) is 18.3 Å². The van der Waals surface area contributed by atoms with Crippen molar-refractivity contribution >= 4 is 5.90 Å². The van der Waals surface area contributed by atoms with Crippen LogP contribution in [0.4, 0.5) is 8.78 Å².